The average molecular weight is 301 g/mol. The maximum Gasteiger partial charge on any atom is 0.341 e. The Hall–Kier alpha value is -1.60. The second-order valence-electron chi connectivity index (χ2n) is 4.28. The molecule has 0 amide bonds. The molecule has 112 valence electrons. The predicted molar refractivity (Wildman–Crippen MR) is 74.2 cm³/mol. The van der Waals surface area contributed by atoms with E-state index in [1.807, 2.05) is 6.92 Å². The second-order valence-corrected chi connectivity index (χ2v) is 6.04. The highest BCUT2D eigenvalue weighted by Crippen LogP contribution is 2.22. The van der Waals surface area contributed by atoms with Crippen LogP contribution in [0.15, 0.2) is 23.1 Å². The smallest absolute Gasteiger partial charge is 0.341 e. The second kappa shape index (κ2) is 7.25. The molecule has 0 bridgehead atoms. The first-order valence-electron chi connectivity index (χ1n) is 6.33. The van der Waals surface area contributed by atoms with E-state index in [-0.39, 0.29) is 16.2 Å². The van der Waals surface area contributed by atoms with Gasteiger partial charge in [0.25, 0.3) is 0 Å². The molecule has 0 saturated carbocycles. The molecule has 0 aliphatic carbocycles. The molecular weight excluding hydrogens is 282 g/mol. The van der Waals surface area contributed by atoms with Gasteiger partial charge in [0.05, 0.1) is 12.0 Å². The maximum atomic E-state index is 12.0. The molecule has 1 aromatic carbocycles. The third-order valence-corrected chi connectivity index (χ3v) is 4.21. The molecule has 1 rings (SSSR count). The number of hydrogen-bond donors (Lipinski definition) is 2. The topological polar surface area (TPSA) is 92.7 Å². The van der Waals surface area contributed by atoms with Gasteiger partial charge >= 0.3 is 5.97 Å². The SMILES string of the molecule is CCCCCNS(=O)(=O)c1ccc(O)c(C(=O)OC)c1. The van der Waals surface area contributed by atoms with Gasteiger partial charge in [0.1, 0.15) is 11.3 Å². The van der Waals surface area contributed by atoms with Crippen molar-refractivity contribution in [1.82, 2.24) is 4.72 Å². The molecule has 20 heavy (non-hydrogen) atoms. The Labute approximate surface area is 118 Å². The first kappa shape index (κ1) is 16.5. The Kier molecular flexibility index (Phi) is 5.97. The molecule has 1 aromatic rings. The minimum atomic E-state index is -3.69. The van der Waals surface area contributed by atoms with Crippen LogP contribution in [0.3, 0.4) is 0 Å². The van der Waals surface area contributed by atoms with Crippen molar-refractivity contribution < 1.29 is 23.1 Å². The van der Waals surface area contributed by atoms with Gasteiger partial charge in [-0.05, 0) is 24.6 Å². The number of unbranched alkanes of at least 4 members (excludes halogenated alkanes) is 2. The van der Waals surface area contributed by atoms with E-state index in [0.717, 1.165) is 38.5 Å². The summed E-state index contributed by atoms with van der Waals surface area (Å²) in [5.74, 6) is -1.10. The lowest BCUT2D eigenvalue weighted by Crippen LogP contribution is -2.25. The van der Waals surface area contributed by atoms with E-state index in [0.29, 0.717) is 6.54 Å². The van der Waals surface area contributed by atoms with Crippen molar-refractivity contribution in [2.24, 2.45) is 0 Å². The van der Waals surface area contributed by atoms with Crippen LogP contribution >= 0.6 is 0 Å². The van der Waals surface area contributed by atoms with E-state index in [4.69, 9.17) is 0 Å². The number of ether oxygens (including phenoxy) is 1. The number of esters is 1. The average Bonchev–Trinajstić information content (AvgIpc) is 2.43. The Balaban J connectivity index is 2.93. The quantitative estimate of drug-likeness (QED) is 0.590. The van der Waals surface area contributed by atoms with Gasteiger partial charge in [-0.15, -0.1) is 0 Å². The van der Waals surface area contributed by atoms with Gasteiger partial charge < -0.3 is 9.84 Å². The summed E-state index contributed by atoms with van der Waals surface area (Å²) in [7, 11) is -2.53. The monoisotopic (exact) mass is 301 g/mol. The van der Waals surface area contributed by atoms with Crippen LogP contribution in [0, 0.1) is 0 Å². The number of phenols is 1. The molecule has 0 aliphatic heterocycles. The van der Waals surface area contributed by atoms with Crippen LogP contribution in [0.2, 0.25) is 0 Å². The molecule has 0 aromatic heterocycles. The molecule has 7 heteroatoms. The van der Waals surface area contributed by atoms with Crippen molar-refractivity contribution in [3.8, 4) is 5.75 Å². The number of benzene rings is 1. The number of phenolic OH excluding ortho intramolecular Hbond substituents is 1. The van der Waals surface area contributed by atoms with Crippen LogP contribution in [-0.2, 0) is 14.8 Å². The minimum absolute atomic E-state index is 0.0767. The normalized spacial score (nSPS) is 11.3. The Bertz CT molecular complexity index is 568. The lowest BCUT2D eigenvalue weighted by molar-refractivity contribution is 0.0597. The van der Waals surface area contributed by atoms with Crippen molar-refractivity contribution in [2.45, 2.75) is 31.1 Å². The number of methoxy groups -OCH3 is 1. The highest BCUT2D eigenvalue weighted by Gasteiger charge is 2.19. The predicted octanol–water partition coefficient (Wildman–Crippen LogP) is 1.65. The van der Waals surface area contributed by atoms with Crippen LogP contribution in [0.25, 0.3) is 0 Å². The number of aromatic hydroxyl groups is 1. The lowest BCUT2D eigenvalue weighted by atomic mass is 10.2. The molecule has 0 saturated heterocycles. The van der Waals surface area contributed by atoms with Crippen molar-refractivity contribution in [3.63, 3.8) is 0 Å². The number of nitrogens with one attached hydrogen (secondary N) is 1. The van der Waals surface area contributed by atoms with Crippen LogP contribution in [0.5, 0.6) is 5.75 Å². The van der Waals surface area contributed by atoms with Crippen LogP contribution < -0.4 is 4.72 Å². The summed E-state index contributed by atoms with van der Waals surface area (Å²) in [4.78, 5) is 11.3. The fourth-order valence-electron chi connectivity index (χ4n) is 1.62. The maximum absolute atomic E-state index is 12.0. The summed E-state index contributed by atoms with van der Waals surface area (Å²) in [6.07, 6.45) is 2.68. The number of rotatable bonds is 7. The third-order valence-electron chi connectivity index (χ3n) is 2.76. The van der Waals surface area contributed by atoms with E-state index in [1.54, 1.807) is 0 Å². The number of carbonyl (C=O) groups excluding carboxylic acids is 1. The molecule has 0 spiro atoms. The molecule has 0 heterocycles. The lowest BCUT2D eigenvalue weighted by Gasteiger charge is -2.08. The zero-order valence-electron chi connectivity index (χ0n) is 11.5. The van der Waals surface area contributed by atoms with Gasteiger partial charge in [-0.25, -0.2) is 17.9 Å². The molecule has 0 fully saturated rings. The van der Waals surface area contributed by atoms with Crippen molar-refractivity contribution in [1.29, 1.82) is 0 Å². The van der Waals surface area contributed by atoms with Crippen LogP contribution in [0.1, 0.15) is 36.5 Å². The van der Waals surface area contributed by atoms with Gasteiger partial charge in [-0.2, -0.15) is 0 Å². The molecule has 2 N–H and O–H groups in total. The van der Waals surface area contributed by atoms with E-state index in [9.17, 15) is 18.3 Å². The Morgan fingerprint density at radius 3 is 2.65 bits per heavy atom. The third kappa shape index (κ3) is 4.21. The van der Waals surface area contributed by atoms with E-state index >= 15 is 0 Å². The Morgan fingerprint density at radius 1 is 1.35 bits per heavy atom. The molecule has 6 nitrogen and oxygen atoms in total. The summed E-state index contributed by atoms with van der Waals surface area (Å²) >= 11 is 0. The highest BCUT2D eigenvalue weighted by molar-refractivity contribution is 7.89. The van der Waals surface area contributed by atoms with E-state index in [2.05, 4.69) is 9.46 Å². The summed E-state index contributed by atoms with van der Waals surface area (Å²) in [6, 6.07) is 3.50. The van der Waals surface area contributed by atoms with Gasteiger partial charge in [-0.1, -0.05) is 19.8 Å². The summed E-state index contributed by atoms with van der Waals surface area (Å²) in [6.45, 7) is 2.36. The summed E-state index contributed by atoms with van der Waals surface area (Å²) in [5.41, 5.74) is -0.177. The zero-order chi connectivity index (χ0) is 15.2. The molecule has 0 unspecified atom stereocenters. The zero-order valence-corrected chi connectivity index (χ0v) is 12.4. The largest absolute Gasteiger partial charge is 0.507 e. The van der Waals surface area contributed by atoms with Crippen molar-refractivity contribution >= 4 is 16.0 Å². The molecule has 0 atom stereocenters. The van der Waals surface area contributed by atoms with Gasteiger partial charge in [0.15, 0.2) is 0 Å². The summed E-state index contributed by atoms with van der Waals surface area (Å²) in [5, 5.41) is 9.53. The van der Waals surface area contributed by atoms with E-state index < -0.39 is 16.0 Å². The number of hydrogen-bond acceptors (Lipinski definition) is 5. The Morgan fingerprint density at radius 2 is 2.05 bits per heavy atom. The first-order valence-corrected chi connectivity index (χ1v) is 7.81. The van der Waals surface area contributed by atoms with E-state index in [1.165, 1.54) is 6.07 Å². The molecular formula is C13H19NO5S. The fourth-order valence-corrected chi connectivity index (χ4v) is 2.72. The molecule has 0 aliphatic rings. The minimum Gasteiger partial charge on any atom is -0.507 e. The van der Waals surface area contributed by atoms with Gasteiger partial charge in [0.2, 0.25) is 10.0 Å². The number of carbonyl (C=O) groups is 1. The first-order chi connectivity index (χ1) is 9.42. The van der Waals surface area contributed by atoms with Crippen molar-refractivity contribution in [2.75, 3.05) is 13.7 Å². The molecule has 0 radical (unpaired) electrons. The fraction of sp³-hybridized carbons (Fsp3) is 0.462. The van der Waals surface area contributed by atoms with Crippen LogP contribution in [-0.4, -0.2) is 33.1 Å². The summed E-state index contributed by atoms with van der Waals surface area (Å²) < 4.78 is 31.0. The van der Waals surface area contributed by atoms with Gasteiger partial charge in [0, 0.05) is 6.54 Å². The standard InChI is InChI=1S/C13H19NO5S/c1-3-4-5-8-14-20(17,18)10-6-7-12(15)11(9-10)13(16)19-2/h6-7,9,14-15H,3-5,8H2,1-2H3. The van der Waals surface area contributed by atoms with Gasteiger partial charge in [-0.3, -0.25) is 0 Å². The highest BCUT2D eigenvalue weighted by atomic mass is 32.2. The van der Waals surface area contributed by atoms with Crippen LogP contribution in [0.4, 0.5) is 0 Å². The number of sulfonamides is 1. The van der Waals surface area contributed by atoms with Crippen molar-refractivity contribution in [3.05, 3.63) is 23.8 Å².